The first-order valence-electron chi connectivity index (χ1n) is 7.54. The second-order valence-corrected chi connectivity index (χ2v) is 5.95. The zero-order valence-corrected chi connectivity index (χ0v) is 13.2. The summed E-state index contributed by atoms with van der Waals surface area (Å²) in [5.74, 6) is 2.37. The second-order valence-electron chi connectivity index (χ2n) is 5.60. The van der Waals surface area contributed by atoms with Crippen molar-refractivity contribution < 1.29 is 5.11 Å². The highest BCUT2D eigenvalue weighted by Crippen LogP contribution is 2.28. The van der Waals surface area contributed by atoms with Crippen molar-refractivity contribution in [1.29, 1.82) is 0 Å². The van der Waals surface area contributed by atoms with E-state index < -0.39 is 0 Å². The smallest absolute Gasteiger partial charge is 0.137 e. The molecule has 1 fully saturated rings. The number of aromatic nitrogens is 2. The fraction of sp³-hybridized carbons (Fsp3) is 0.733. The van der Waals surface area contributed by atoms with E-state index in [0.717, 1.165) is 56.0 Å². The SMILES string of the molecule is CCCc1nc(Cl)c(C)c(N2CCCC(CCO)C2)n1. The van der Waals surface area contributed by atoms with Crippen LogP contribution in [-0.4, -0.2) is 34.8 Å². The topological polar surface area (TPSA) is 49.2 Å². The van der Waals surface area contributed by atoms with E-state index in [9.17, 15) is 0 Å². The molecule has 2 heterocycles. The maximum atomic E-state index is 9.12. The van der Waals surface area contributed by atoms with Gasteiger partial charge in [0, 0.05) is 31.7 Å². The highest BCUT2D eigenvalue weighted by Gasteiger charge is 2.23. The molecular weight excluding hydrogens is 274 g/mol. The van der Waals surface area contributed by atoms with E-state index in [1.54, 1.807) is 0 Å². The number of hydrogen-bond acceptors (Lipinski definition) is 4. The van der Waals surface area contributed by atoms with Gasteiger partial charge >= 0.3 is 0 Å². The molecule has 112 valence electrons. The first-order valence-corrected chi connectivity index (χ1v) is 7.92. The number of nitrogens with zero attached hydrogens (tertiary/aromatic N) is 3. The first-order chi connectivity index (χ1) is 9.65. The van der Waals surface area contributed by atoms with Crippen LogP contribution in [0.2, 0.25) is 5.15 Å². The molecule has 20 heavy (non-hydrogen) atoms. The summed E-state index contributed by atoms with van der Waals surface area (Å²) >= 11 is 6.25. The van der Waals surface area contributed by atoms with Gasteiger partial charge in [-0.3, -0.25) is 0 Å². The van der Waals surface area contributed by atoms with Crippen LogP contribution in [0.5, 0.6) is 0 Å². The van der Waals surface area contributed by atoms with E-state index in [1.165, 1.54) is 6.42 Å². The Morgan fingerprint density at radius 1 is 1.40 bits per heavy atom. The molecule has 2 rings (SSSR count). The Balaban J connectivity index is 2.21. The molecule has 0 saturated carbocycles. The van der Waals surface area contributed by atoms with Gasteiger partial charge in [-0.1, -0.05) is 18.5 Å². The minimum absolute atomic E-state index is 0.267. The van der Waals surface area contributed by atoms with Crippen LogP contribution in [-0.2, 0) is 6.42 Å². The molecule has 0 amide bonds. The summed E-state index contributed by atoms with van der Waals surface area (Å²) < 4.78 is 0. The number of aryl methyl sites for hydroxylation is 1. The van der Waals surface area contributed by atoms with Gasteiger partial charge < -0.3 is 10.0 Å². The molecule has 0 bridgehead atoms. The van der Waals surface area contributed by atoms with Crippen LogP contribution < -0.4 is 4.90 Å². The van der Waals surface area contributed by atoms with Crippen LogP contribution >= 0.6 is 11.6 Å². The lowest BCUT2D eigenvalue weighted by atomic mass is 9.95. The Labute approximate surface area is 126 Å². The van der Waals surface area contributed by atoms with Crippen molar-refractivity contribution in [1.82, 2.24) is 9.97 Å². The lowest BCUT2D eigenvalue weighted by Gasteiger charge is -2.34. The molecule has 1 aromatic rings. The third-order valence-electron chi connectivity index (χ3n) is 3.94. The summed E-state index contributed by atoms with van der Waals surface area (Å²) in [5.41, 5.74) is 0.969. The van der Waals surface area contributed by atoms with Gasteiger partial charge in [0.2, 0.25) is 0 Å². The van der Waals surface area contributed by atoms with Gasteiger partial charge in [-0.15, -0.1) is 0 Å². The van der Waals surface area contributed by atoms with Crippen LogP contribution in [0.15, 0.2) is 0 Å². The van der Waals surface area contributed by atoms with Gasteiger partial charge in [0.1, 0.15) is 16.8 Å². The van der Waals surface area contributed by atoms with E-state index in [0.29, 0.717) is 11.1 Å². The Morgan fingerprint density at radius 2 is 2.20 bits per heavy atom. The quantitative estimate of drug-likeness (QED) is 0.849. The molecule has 1 aromatic heterocycles. The molecule has 0 aliphatic carbocycles. The molecule has 0 radical (unpaired) electrons. The molecule has 0 aromatic carbocycles. The van der Waals surface area contributed by atoms with Crippen molar-refractivity contribution in [2.75, 3.05) is 24.6 Å². The summed E-state index contributed by atoms with van der Waals surface area (Å²) in [6.07, 6.45) is 5.09. The van der Waals surface area contributed by atoms with Crippen LogP contribution in [0.25, 0.3) is 0 Å². The number of rotatable bonds is 5. The van der Waals surface area contributed by atoms with Gasteiger partial charge in [0.05, 0.1) is 0 Å². The Bertz CT molecular complexity index is 451. The molecule has 4 nitrogen and oxygen atoms in total. The third kappa shape index (κ3) is 3.61. The molecule has 1 aliphatic rings. The number of halogens is 1. The average molecular weight is 298 g/mol. The average Bonchev–Trinajstić information content (AvgIpc) is 2.43. The van der Waals surface area contributed by atoms with E-state index in [-0.39, 0.29) is 6.61 Å². The monoisotopic (exact) mass is 297 g/mol. The first kappa shape index (κ1) is 15.5. The second kappa shape index (κ2) is 7.23. The van der Waals surface area contributed by atoms with Gasteiger partial charge in [-0.05, 0) is 38.5 Å². The molecule has 1 aliphatic heterocycles. The third-order valence-corrected chi connectivity index (χ3v) is 4.30. The van der Waals surface area contributed by atoms with E-state index in [2.05, 4.69) is 16.8 Å². The van der Waals surface area contributed by atoms with Crippen molar-refractivity contribution in [2.24, 2.45) is 5.92 Å². The lowest BCUT2D eigenvalue weighted by molar-refractivity contribution is 0.244. The molecule has 1 atom stereocenters. The van der Waals surface area contributed by atoms with Crippen LogP contribution in [0.3, 0.4) is 0 Å². The number of piperidine rings is 1. The summed E-state index contributed by atoms with van der Waals surface area (Å²) in [6, 6.07) is 0. The number of anilines is 1. The minimum atomic E-state index is 0.267. The summed E-state index contributed by atoms with van der Waals surface area (Å²) in [7, 11) is 0. The predicted molar refractivity (Wildman–Crippen MR) is 82.4 cm³/mol. The molecule has 0 spiro atoms. The number of aliphatic hydroxyl groups excluding tert-OH is 1. The zero-order chi connectivity index (χ0) is 14.5. The largest absolute Gasteiger partial charge is 0.396 e. The van der Waals surface area contributed by atoms with Crippen molar-refractivity contribution >= 4 is 17.4 Å². The Morgan fingerprint density at radius 3 is 2.90 bits per heavy atom. The van der Waals surface area contributed by atoms with Crippen molar-refractivity contribution in [3.63, 3.8) is 0 Å². The van der Waals surface area contributed by atoms with Crippen molar-refractivity contribution in [2.45, 2.75) is 46.0 Å². The summed E-state index contributed by atoms with van der Waals surface area (Å²) in [6.45, 7) is 6.35. The Kier molecular flexibility index (Phi) is 5.61. The maximum Gasteiger partial charge on any atom is 0.137 e. The Hall–Kier alpha value is -0.870. The molecule has 1 saturated heterocycles. The van der Waals surface area contributed by atoms with Crippen LogP contribution in [0.1, 0.15) is 44.0 Å². The van der Waals surface area contributed by atoms with E-state index in [1.807, 2.05) is 6.92 Å². The normalized spacial score (nSPS) is 19.4. The summed E-state index contributed by atoms with van der Waals surface area (Å²) in [5, 5.41) is 9.69. The van der Waals surface area contributed by atoms with Crippen LogP contribution in [0, 0.1) is 12.8 Å². The van der Waals surface area contributed by atoms with Crippen molar-refractivity contribution in [3.8, 4) is 0 Å². The van der Waals surface area contributed by atoms with E-state index in [4.69, 9.17) is 21.7 Å². The van der Waals surface area contributed by atoms with Crippen LogP contribution in [0.4, 0.5) is 5.82 Å². The standard InChI is InChI=1S/C15H24ClN3O/c1-3-5-13-17-14(16)11(2)15(18-13)19-8-4-6-12(10-19)7-9-20/h12,20H,3-10H2,1-2H3. The molecule has 5 heteroatoms. The molecule has 1 unspecified atom stereocenters. The van der Waals surface area contributed by atoms with Gasteiger partial charge in [-0.2, -0.15) is 0 Å². The lowest BCUT2D eigenvalue weighted by Crippen LogP contribution is -2.37. The predicted octanol–water partition coefficient (Wildman–Crippen LogP) is 2.99. The van der Waals surface area contributed by atoms with Crippen molar-refractivity contribution in [3.05, 3.63) is 16.5 Å². The molecular formula is C15H24ClN3O. The number of aliphatic hydroxyl groups is 1. The maximum absolute atomic E-state index is 9.12. The summed E-state index contributed by atoms with van der Waals surface area (Å²) in [4.78, 5) is 11.4. The van der Waals surface area contributed by atoms with Gasteiger partial charge in [-0.25, -0.2) is 9.97 Å². The fourth-order valence-corrected chi connectivity index (χ4v) is 3.02. The van der Waals surface area contributed by atoms with Gasteiger partial charge in [0.15, 0.2) is 0 Å². The zero-order valence-electron chi connectivity index (χ0n) is 12.4. The van der Waals surface area contributed by atoms with Gasteiger partial charge in [0.25, 0.3) is 0 Å². The highest BCUT2D eigenvalue weighted by atomic mass is 35.5. The minimum Gasteiger partial charge on any atom is -0.396 e. The highest BCUT2D eigenvalue weighted by molar-refractivity contribution is 6.30. The fourth-order valence-electron chi connectivity index (χ4n) is 2.84. The number of hydrogen-bond donors (Lipinski definition) is 1. The van der Waals surface area contributed by atoms with E-state index >= 15 is 0 Å². The molecule has 1 N–H and O–H groups in total.